The van der Waals surface area contributed by atoms with E-state index in [2.05, 4.69) is 291 Å². The normalized spacial score (nSPS) is 11.7. The number of benzene rings is 16. The fourth-order valence-corrected chi connectivity index (χ4v) is 14.0. The molecule has 0 saturated carbocycles. The van der Waals surface area contributed by atoms with E-state index in [0.717, 1.165) is 66.1 Å². The van der Waals surface area contributed by atoms with Gasteiger partial charge in [-0.05, 0) is 138 Å². The fraction of sp³-hybridized carbons (Fsp3) is 0. The molecule has 0 aliphatic heterocycles. The highest BCUT2D eigenvalue weighted by Gasteiger charge is 2.22. The molecule has 0 atom stereocenters. The van der Waals surface area contributed by atoms with Gasteiger partial charge in [0.25, 0.3) is 0 Å². The van der Waals surface area contributed by atoms with Crippen molar-refractivity contribution < 1.29 is 8.83 Å². The van der Waals surface area contributed by atoms with Gasteiger partial charge in [0.2, 0.25) is 0 Å². The summed E-state index contributed by atoms with van der Waals surface area (Å²) in [5, 5.41) is 19.7. The minimum atomic E-state index is 0.919. The first-order valence-electron chi connectivity index (χ1n) is 29.6. The molecule has 0 fully saturated rings. The van der Waals surface area contributed by atoms with Crippen molar-refractivity contribution in [1.82, 2.24) is 0 Å². The summed E-state index contributed by atoms with van der Waals surface area (Å²) in [6.45, 7) is 0. The molecule has 0 N–H and O–H groups in total. The molecular weight excluding hydrogens is 1040 g/mol. The predicted molar refractivity (Wildman–Crippen MR) is 365 cm³/mol. The van der Waals surface area contributed by atoms with Crippen LogP contribution in [0.2, 0.25) is 0 Å². The van der Waals surface area contributed by atoms with E-state index in [-0.39, 0.29) is 0 Å². The van der Waals surface area contributed by atoms with Crippen LogP contribution in [-0.4, -0.2) is 0 Å². The third-order valence-corrected chi connectivity index (χ3v) is 17.7. The first-order chi connectivity index (χ1) is 42.7. The van der Waals surface area contributed by atoms with Crippen LogP contribution in [0.15, 0.2) is 324 Å². The van der Waals surface area contributed by atoms with Crippen molar-refractivity contribution in [2.75, 3.05) is 0 Å². The summed E-state index contributed by atoms with van der Waals surface area (Å²) in [6, 6.07) is 114. The fourth-order valence-electron chi connectivity index (χ4n) is 14.0. The molecule has 0 radical (unpaired) electrons. The van der Waals surface area contributed by atoms with E-state index in [9.17, 15) is 0 Å². The molecule has 16 aromatic carbocycles. The van der Waals surface area contributed by atoms with Gasteiger partial charge < -0.3 is 8.83 Å². The summed E-state index contributed by atoms with van der Waals surface area (Å²) < 4.78 is 12.8. The highest BCUT2D eigenvalue weighted by Crippen LogP contribution is 2.49. The molecule has 0 bridgehead atoms. The van der Waals surface area contributed by atoms with Crippen LogP contribution >= 0.6 is 0 Å². The maximum Gasteiger partial charge on any atom is 0.143 e. The van der Waals surface area contributed by atoms with Crippen LogP contribution in [0.5, 0.6) is 0 Å². The Morgan fingerprint density at radius 1 is 0.163 bits per heavy atom. The Morgan fingerprint density at radius 3 is 0.907 bits per heavy atom. The van der Waals surface area contributed by atoms with Crippen LogP contribution in [0.1, 0.15) is 0 Å². The number of furan rings is 2. The van der Waals surface area contributed by atoms with E-state index >= 15 is 0 Å². The maximum absolute atomic E-state index is 6.42. The summed E-state index contributed by atoms with van der Waals surface area (Å²) in [5.74, 6) is 0. The van der Waals surface area contributed by atoms with E-state index in [4.69, 9.17) is 8.83 Å². The van der Waals surface area contributed by atoms with E-state index in [1.165, 1.54) is 109 Å². The monoisotopic (exact) mass is 1090 g/mol. The summed E-state index contributed by atoms with van der Waals surface area (Å²) >= 11 is 0. The molecule has 0 unspecified atom stereocenters. The lowest BCUT2D eigenvalue weighted by molar-refractivity contribution is 0.669. The zero-order valence-electron chi connectivity index (χ0n) is 46.8. The Morgan fingerprint density at radius 2 is 0.453 bits per heavy atom. The Kier molecular flexibility index (Phi) is 11.6. The molecule has 400 valence electrons. The first-order valence-corrected chi connectivity index (χ1v) is 29.6. The summed E-state index contributed by atoms with van der Waals surface area (Å²) in [5.41, 5.74) is 18.3. The van der Waals surface area contributed by atoms with Gasteiger partial charge >= 0.3 is 0 Å². The molecule has 2 heteroatoms. The van der Waals surface area contributed by atoms with Gasteiger partial charge in [-0.2, -0.15) is 0 Å². The Balaban J connectivity index is 0.000000134. The highest BCUT2D eigenvalue weighted by atomic mass is 16.3. The molecule has 0 aliphatic rings. The zero-order chi connectivity index (χ0) is 56.7. The van der Waals surface area contributed by atoms with Gasteiger partial charge in [0.05, 0.1) is 0 Å². The number of rotatable bonds is 6. The molecule has 18 rings (SSSR count). The Bertz CT molecular complexity index is 5590. The second-order valence-electron chi connectivity index (χ2n) is 22.5. The molecule has 86 heavy (non-hydrogen) atoms. The van der Waals surface area contributed by atoms with Gasteiger partial charge in [-0.15, -0.1) is 0 Å². The van der Waals surface area contributed by atoms with Crippen LogP contribution in [-0.2, 0) is 0 Å². The summed E-state index contributed by atoms with van der Waals surface area (Å²) in [4.78, 5) is 0. The van der Waals surface area contributed by atoms with Crippen molar-refractivity contribution >= 4 is 109 Å². The van der Waals surface area contributed by atoms with Gasteiger partial charge in [-0.1, -0.05) is 297 Å². The van der Waals surface area contributed by atoms with Gasteiger partial charge in [0, 0.05) is 32.7 Å². The minimum Gasteiger partial charge on any atom is -0.455 e. The number of fused-ring (bicyclic) bond motifs is 12. The summed E-state index contributed by atoms with van der Waals surface area (Å²) in [7, 11) is 0. The lowest BCUT2D eigenvalue weighted by atomic mass is 9.84. The molecule has 0 saturated heterocycles. The molecule has 2 heterocycles. The second kappa shape index (κ2) is 20.2. The highest BCUT2D eigenvalue weighted by molar-refractivity contribution is 6.25. The third kappa shape index (κ3) is 7.95. The molecular formula is C84H52O2. The van der Waals surface area contributed by atoms with Gasteiger partial charge in [-0.25, -0.2) is 0 Å². The van der Waals surface area contributed by atoms with E-state index in [1.807, 2.05) is 24.3 Å². The van der Waals surface area contributed by atoms with Gasteiger partial charge in [-0.3, -0.25) is 0 Å². The second-order valence-corrected chi connectivity index (χ2v) is 22.5. The predicted octanol–water partition coefficient (Wildman–Crippen LogP) is 24.1. The largest absolute Gasteiger partial charge is 0.455 e. The topological polar surface area (TPSA) is 26.3 Å². The van der Waals surface area contributed by atoms with E-state index < -0.39 is 0 Å². The van der Waals surface area contributed by atoms with Gasteiger partial charge in [0.1, 0.15) is 22.3 Å². The van der Waals surface area contributed by atoms with Crippen molar-refractivity contribution in [2.45, 2.75) is 0 Å². The standard InChI is InChI=1S/2C42H26O/c1-2-16-30-27(12-1)13-10-23-33(30)41-36-20-5-3-18-34(36)40(35-19-4-6-21-37(35)41)29-15-9-14-28(26-29)31-22-11-24-38-32-17-7-8-25-39(32)43-42(31)38;1-2-13-30-27(11-1)12-9-20-33(30)41-36-17-5-3-15-34(36)40(35-16-4-6-18-37(35)41)29-25-23-28(24-26-29)31-19-10-21-38-32-14-7-8-22-39(32)43-42(31)38/h2*1-26H. The molecule has 2 aromatic heterocycles. The average Bonchev–Trinajstić information content (AvgIpc) is 1.69. The SMILES string of the molecule is c1cc(-c2c3ccccc3c(-c3cccc4ccccc34)c3ccccc23)cc(-c2cccc3c2oc2ccccc23)c1.c1ccc2c(-c3c4ccccc4c(-c4ccc(-c5cccc6c5oc5ccccc56)cc4)c4ccccc34)cccc2c1. The number of hydrogen-bond acceptors (Lipinski definition) is 2. The first kappa shape index (κ1) is 49.3. The van der Waals surface area contributed by atoms with Crippen LogP contribution in [0, 0.1) is 0 Å². The average molecular weight is 1090 g/mol. The van der Waals surface area contributed by atoms with Gasteiger partial charge in [0.15, 0.2) is 0 Å². The molecule has 0 amide bonds. The van der Waals surface area contributed by atoms with Crippen molar-refractivity contribution in [1.29, 1.82) is 0 Å². The van der Waals surface area contributed by atoms with Crippen molar-refractivity contribution in [2.24, 2.45) is 0 Å². The van der Waals surface area contributed by atoms with E-state index in [0.29, 0.717) is 0 Å². The lowest BCUT2D eigenvalue weighted by Gasteiger charge is -2.19. The molecule has 2 nitrogen and oxygen atoms in total. The third-order valence-electron chi connectivity index (χ3n) is 17.7. The lowest BCUT2D eigenvalue weighted by Crippen LogP contribution is -1.92. The van der Waals surface area contributed by atoms with Crippen molar-refractivity contribution in [3.63, 3.8) is 0 Å². The smallest absolute Gasteiger partial charge is 0.143 e. The van der Waals surface area contributed by atoms with E-state index in [1.54, 1.807) is 0 Å². The number of para-hydroxylation sites is 4. The minimum absolute atomic E-state index is 0.919. The molecule has 0 aliphatic carbocycles. The van der Waals surface area contributed by atoms with Crippen LogP contribution in [0.3, 0.4) is 0 Å². The van der Waals surface area contributed by atoms with Crippen LogP contribution < -0.4 is 0 Å². The maximum atomic E-state index is 6.42. The summed E-state index contributed by atoms with van der Waals surface area (Å²) in [6.07, 6.45) is 0. The van der Waals surface area contributed by atoms with Crippen LogP contribution in [0.4, 0.5) is 0 Å². The molecule has 0 spiro atoms. The van der Waals surface area contributed by atoms with Crippen molar-refractivity contribution in [3.8, 4) is 66.8 Å². The number of hydrogen-bond donors (Lipinski definition) is 0. The Hall–Kier alpha value is -11.3. The van der Waals surface area contributed by atoms with Crippen LogP contribution in [0.25, 0.3) is 175 Å². The van der Waals surface area contributed by atoms with Crippen molar-refractivity contribution in [3.05, 3.63) is 315 Å². The zero-order valence-corrected chi connectivity index (χ0v) is 46.8. The molecule has 18 aromatic rings. The Labute approximate surface area is 496 Å². The quantitative estimate of drug-likeness (QED) is 0.155.